The third-order valence-electron chi connectivity index (χ3n) is 6.99. The second-order valence-corrected chi connectivity index (χ2v) is 12.2. The van der Waals surface area contributed by atoms with Crippen LogP contribution in [0, 0.1) is 34.9 Å². The Bertz CT molecular complexity index is 1490. The first kappa shape index (κ1) is 31.3. The molecular weight excluding hydrogens is 582 g/mol. The van der Waals surface area contributed by atoms with Crippen molar-refractivity contribution in [2.45, 2.75) is 97.3 Å². The highest BCUT2D eigenvalue weighted by molar-refractivity contribution is 7.15. The van der Waals surface area contributed by atoms with Crippen molar-refractivity contribution in [1.82, 2.24) is 20.4 Å². The third-order valence-corrected chi connectivity index (χ3v) is 8.99. The zero-order valence-corrected chi connectivity index (χ0v) is 24.7. The van der Waals surface area contributed by atoms with E-state index >= 15 is 26.3 Å². The van der Waals surface area contributed by atoms with E-state index < -0.39 is 56.8 Å². The van der Waals surface area contributed by atoms with Crippen molar-refractivity contribution in [1.29, 1.82) is 0 Å². The number of aryl methyl sites for hydroxylation is 2. The van der Waals surface area contributed by atoms with Gasteiger partial charge in [-0.05, 0) is 12.8 Å². The van der Waals surface area contributed by atoms with E-state index in [1.54, 1.807) is 0 Å². The Labute approximate surface area is 243 Å². The number of unbranched alkanes of at least 4 members (excludes halogenated alkanes) is 9. The van der Waals surface area contributed by atoms with Crippen LogP contribution in [0.2, 0.25) is 0 Å². The molecule has 0 saturated carbocycles. The largest absolute Gasteiger partial charge is 0.205 e. The molecule has 222 valence electrons. The lowest BCUT2D eigenvalue weighted by molar-refractivity contribution is 0.486. The number of hydrogen-bond acceptors (Lipinski definition) is 6. The first-order valence-electron chi connectivity index (χ1n) is 14.1. The Morgan fingerprint density at radius 1 is 0.439 bits per heavy atom. The summed E-state index contributed by atoms with van der Waals surface area (Å²) in [7, 11) is 0. The van der Waals surface area contributed by atoms with Crippen molar-refractivity contribution in [3.8, 4) is 21.1 Å². The molecule has 0 spiro atoms. The number of benzene rings is 2. The van der Waals surface area contributed by atoms with Crippen LogP contribution in [0.15, 0.2) is 0 Å². The number of halogens is 6. The molecule has 41 heavy (non-hydrogen) atoms. The topological polar surface area (TPSA) is 51.6 Å². The van der Waals surface area contributed by atoms with Crippen molar-refractivity contribution in [2.24, 2.45) is 0 Å². The molecule has 0 aliphatic carbocycles. The van der Waals surface area contributed by atoms with Gasteiger partial charge in [0.1, 0.15) is 21.6 Å². The minimum absolute atomic E-state index is 0.334. The summed E-state index contributed by atoms with van der Waals surface area (Å²) in [6.45, 7) is 4.21. The van der Waals surface area contributed by atoms with E-state index in [1.165, 1.54) is 0 Å². The van der Waals surface area contributed by atoms with E-state index in [0.717, 1.165) is 93.3 Å². The predicted molar refractivity (Wildman–Crippen MR) is 151 cm³/mol. The van der Waals surface area contributed by atoms with Crippen molar-refractivity contribution in [2.75, 3.05) is 0 Å². The summed E-state index contributed by atoms with van der Waals surface area (Å²) in [6, 6.07) is 0. The van der Waals surface area contributed by atoms with Crippen LogP contribution < -0.4 is 0 Å². The van der Waals surface area contributed by atoms with E-state index in [4.69, 9.17) is 0 Å². The molecule has 2 heterocycles. The van der Waals surface area contributed by atoms with Gasteiger partial charge in [-0.2, -0.15) is 0 Å². The molecule has 0 radical (unpaired) electrons. The van der Waals surface area contributed by atoms with Gasteiger partial charge in [-0.25, -0.2) is 26.3 Å². The number of hydrogen-bond donors (Lipinski definition) is 0. The van der Waals surface area contributed by atoms with Crippen molar-refractivity contribution in [3.63, 3.8) is 0 Å². The molecule has 4 nitrogen and oxygen atoms in total. The van der Waals surface area contributed by atoms with Gasteiger partial charge in [0.25, 0.3) is 0 Å². The van der Waals surface area contributed by atoms with Crippen LogP contribution >= 0.6 is 22.7 Å². The molecule has 4 aromatic rings. The minimum Gasteiger partial charge on any atom is -0.205 e. The molecule has 2 aromatic heterocycles. The summed E-state index contributed by atoms with van der Waals surface area (Å²) < 4.78 is 92.0. The van der Waals surface area contributed by atoms with Gasteiger partial charge in [-0.3, -0.25) is 0 Å². The molecule has 4 rings (SSSR count). The summed E-state index contributed by atoms with van der Waals surface area (Å²) >= 11 is 1.66. The Morgan fingerprint density at radius 2 is 0.805 bits per heavy atom. The minimum atomic E-state index is -1.85. The Morgan fingerprint density at radius 3 is 1.20 bits per heavy atom. The van der Waals surface area contributed by atoms with Gasteiger partial charge in [0.05, 0.1) is 21.9 Å². The van der Waals surface area contributed by atoms with E-state index in [2.05, 4.69) is 34.2 Å². The predicted octanol–water partition coefficient (Wildman–Crippen LogP) is 10.1. The van der Waals surface area contributed by atoms with Gasteiger partial charge in [0, 0.05) is 12.8 Å². The summed E-state index contributed by atoms with van der Waals surface area (Å²) in [6.07, 6.45) is 12.1. The Balaban J connectivity index is 1.65. The van der Waals surface area contributed by atoms with Gasteiger partial charge < -0.3 is 0 Å². The molecule has 0 bridgehead atoms. The van der Waals surface area contributed by atoms with Crippen LogP contribution in [-0.4, -0.2) is 20.4 Å². The maximum atomic E-state index is 15.6. The Hall–Kier alpha value is -2.60. The first-order chi connectivity index (χ1) is 19.8. The summed E-state index contributed by atoms with van der Waals surface area (Å²) in [5, 5.41) is 13.0. The van der Waals surface area contributed by atoms with Crippen LogP contribution in [-0.2, 0) is 12.8 Å². The highest BCUT2D eigenvalue weighted by Gasteiger charge is 2.33. The fraction of sp³-hybridized carbons (Fsp3) is 0.517. The van der Waals surface area contributed by atoms with Gasteiger partial charge >= 0.3 is 0 Å². The average Bonchev–Trinajstić information content (AvgIpc) is 3.61. The summed E-state index contributed by atoms with van der Waals surface area (Å²) in [5.74, 6) is -10.5. The van der Waals surface area contributed by atoms with Crippen molar-refractivity contribution >= 4 is 33.4 Å². The fourth-order valence-electron chi connectivity index (χ4n) is 4.74. The molecule has 0 fully saturated rings. The van der Waals surface area contributed by atoms with Crippen molar-refractivity contribution in [3.05, 3.63) is 44.9 Å². The van der Waals surface area contributed by atoms with Crippen LogP contribution in [0.25, 0.3) is 31.9 Å². The van der Waals surface area contributed by atoms with Crippen LogP contribution in [0.1, 0.15) is 94.5 Å². The molecule has 0 unspecified atom stereocenters. The van der Waals surface area contributed by atoms with Gasteiger partial charge in [0.15, 0.2) is 33.3 Å². The van der Waals surface area contributed by atoms with Crippen LogP contribution in [0.4, 0.5) is 26.3 Å². The van der Waals surface area contributed by atoms with E-state index in [-0.39, 0.29) is 10.0 Å². The third kappa shape index (κ3) is 6.90. The fourth-order valence-corrected chi connectivity index (χ4v) is 6.56. The standard InChI is InChI=1S/C29H32F6N4S2/c1-3-5-7-9-11-13-15-17-37-39-29(41-17)21-23(31)19-18(25(33)27(21)35)22(30)20(26(34)24(19)32)28-38-36-16(40-28)14-12-10-8-6-4-2/h3-15H2,1-2H3. The number of aromatic nitrogens is 4. The zero-order valence-electron chi connectivity index (χ0n) is 23.1. The molecule has 0 aliphatic rings. The second kappa shape index (κ2) is 14.5. The Kier molecular flexibility index (Phi) is 11.1. The van der Waals surface area contributed by atoms with Gasteiger partial charge in [-0.15, -0.1) is 20.4 Å². The maximum absolute atomic E-state index is 15.6. The molecule has 0 saturated heterocycles. The van der Waals surface area contributed by atoms with Crippen LogP contribution in [0.3, 0.4) is 0 Å². The van der Waals surface area contributed by atoms with E-state index in [0.29, 0.717) is 22.9 Å². The first-order valence-corrected chi connectivity index (χ1v) is 15.7. The molecule has 0 aliphatic heterocycles. The summed E-state index contributed by atoms with van der Waals surface area (Å²) in [4.78, 5) is 0. The highest BCUT2D eigenvalue weighted by Crippen LogP contribution is 2.42. The second-order valence-electron chi connectivity index (χ2n) is 10.1. The normalized spacial score (nSPS) is 11.7. The lowest BCUT2D eigenvalue weighted by Crippen LogP contribution is -2.05. The quantitative estimate of drug-likeness (QED) is 0.0760. The molecule has 0 N–H and O–H groups in total. The van der Waals surface area contributed by atoms with Gasteiger partial charge in [0.2, 0.25) is 0 Å². The molecule has 2 aromatic carbocycles. The van der Waals surface area contributed by atoms with Crippen molar-refractivity contribution < 1.29 is 26.3 Å². The number of fused-ring (bicyclic) bond motifs is 1. The van der Waals surface area contributed by atoms with E-state index in [1.807, 2.05) is 0 Å². The molecule has 0 atom stereocenters. The maximum Gasteiger partial charge on any atom is 0.172 e. The summed E-state index contributed by atoms with van der Waals surface area (Å²) in [5.41, 5.74) is -2.01. The lowest BCUT2D eigenvalue weighted by Gasteiger charge is -2.12. The van der Waals surface area contributed by atoms with E-state index in [9.17, 15) is 0 Å². The SMILES string of the molecule is CCCCCCCCc1nnc(-c2c(F)c(F)c3c(F)c(-c4nnc(CCCCCCC)s4)c(F)c(F)c3c2F)s1. The zero-order chi connectivity index (χ0) is 29.5. The van der Waals surface area contributed by atoms with Crippen LogP contribution in [0.5, 0.6) is 0 Å². The number of rotatable bonds is 15. The lowest BCUT2D eigenvalue weighted by atomic mass is 10.00. The average molecular weight is 615 g/mol. The molecule has 0 amide bonds. The monoisotopic (exact) mass is 614 g/mol. The van der Waals surface area contributed by atoms with Gasteiger partial charge in [-0.1, -0.05) is 94.3 Å². The number of nitrogens with zero attached hydrogens (tertiary/aromatic N) is 4. The molecular formula is C29H32F6N4S2. The highest BCUT2D eigenvalue weighted by atomic mass is 32.1. The molecule has 12 heteroatoms. The smallest absolute Gasteiger partial charge is 0.172 e.